The van der Waals surface area contributed by atoms with Gasteiger partial charge in [0.1, 0.15) is 12.6 Å². The maximum absolute atomic E-state index is 12.9. The zero-order valence-electron chi connectivity index (χ0n) is 20.1. The summed E-state index contributed by atoms with van der Waals surface area (Å²) in [4.78, 5) is 38.3. The summed E-state index contributed by atoms with van der Waals surface area (Å²) in [6, 6.07) is 17.3. The van der Waals surface area contributed by atoms with Gasteiger partial charge in [-0.3, -0.25) is 9.59 Å². The molecule has 3 rings (SSSR count). The number of benzene rings is 2. The number of nitrogens with one attached hydrogen (secondary N) is 2. The largest absolute Gasteiger partial charge is 0.459 e. The van der Waals surface area contributed by atoms with E-state index in [0.717, 1.165) is 5.56 Å². The van der Waals surface area contributed by atoms with E-state index in [-0.39, 0.29) is 18.9 Å². The Bertz CT molecular complexity index is 1140. The number of hydrogen-bond donors (Lipinski definition) is 2. The first-order valence-electron chi connectivity index (χ1n) is 11.6. The van der Waals surface area contributed by atoms with Crippen molar-refractivity contribution in [1.82, 2.24) is 10.6 Å². The highest BCUT2D eigenvalue weighted by Crippen LogP contribution is 2.23. The molecule has 2 N–H and O–H groups in total. The van der Waals surface area contributed by atoms with E-state index in [0.29, 0.717) is 18.5 Å². The van der Waals surface area contributed by atoms with Crippen molar-refractivity contribution in [2.24, 2.45) is 5.92 Å². The highest BCUT2D eigenvalue weighted by molar-refractivity contribution is 7.82. The standard InChI is InChI=1S/C25H30N2O8S/c1-17(2)15-20(23(28)26-14-13-18-9-5-3-6-10-18)27-24(29)21-22(35-36(31,32)34-21)25(30)33-16-19-11-7-4-8-12-19/h3-12,17,20-22H,13-16H2,1-2H3,(H,26,28)(H,27,29)/t20-,21-,22-/m0/s1. The lowest BCUT2D eigenvalue weighted by molar-refractivity contribution is -0.157. The summed E-state index contributed by atoms with van der Waals surface area (Å²) < 4.78 is 38.3. The molecule has 2 aromatic rings. The van der Waals surface area contributed by atoms with Gasteiger partial charge < -0.3 is 15.4 Å². The molecule has 11 heteroatoms. The highest BCUT2D eigenvalue weighted by Gasteiger charge is 2.50. The molecule has 10 nitrogen and oxygen atoms in total. The Kier molecular flexibility index (Phi) is 9.57. The fourth-order valence-corrected chi connectivity index (χ4v) is 4.51. The minimum absolute atomic E-state index is 0.0336. The monoisotopic (exact) mass is 518 g/mol. The Balaban J connectivity index is 1.62. The molecule has 0 unspecified atom stereocenters. The van der Waals surface area contributed by atoms with Gasteiger partial charge in [0, 0.05) is 6.54 Å². The smallest absolute Gasteiger partial charge is 0.401 e. The quantitative estimate of drug-likeness (QED) is 0.429. The molecule has 0 bridgehead atoms. The van der Waals surface area contributed by atoms with Gasteiger partial charge in [0.15, 0.2) is 6.10 Å². The Hall–Kier alpha value is -3.28. The van der Waals surface area contributed by atoms with Gasteiger partial charge in [0.25, 0.3) is 5.91 Å². The minimum Gasteiger partial charge on any atom is -0.459 e. The van der Waals surface area contributed by atoms with Crippen LogP contribution in [0.3, 0.4) is 0 Å². The molecule has 0 aromatic heterocycles. The van der Waals surface area contributed by atoms with Gasteiger partial charge in [-0.2, -0.15) is 8.42 Å². The van der Waals surface area contributed by atoms with E-state index in [1.165, 1.54) is 0 Å². The van der Waals surface area contributed by atoms with Gasteiger partial charge in [0.05, 0.1) is 0 Å². The van der Waals surface area contributed by atoms with Crippen LogP contribution in [-0.2, 0) is 50.9 Å². The fraction of sp³-hybridized carbons (Fsp3) is 0.400. The molecule has 0 aliphatic carbocycles. The van der Waals surface area contributed by atoms with Crippen molar-refractivity contribution >= 4 is 28.2 Å². The Morgan fingerprint density at radius 2 is 1.50 bits per heavy atom. The van der Waals surface area contributed by atoms with Crippen LogP contribution in [0.25, 0.3) is 0 Å². The van der Waals surface area contributed by atoms with E-state index < -0.39 is 46.4 Å². The summed E-state index contributed by atoms with van der Waals surface area (Å²) in [6.07, 6.45) is -2.78. The normalized spacial score (nSPS) is 19.4. The van der Waals surface area contributed by atoms with E-state index >= 15 is 0 Å². The highest BCUT2D eigenvalue weighted by atomic mass is 32.3. The number of amides is 2. The second-order valence-electron chi connectivity index (χ2n) is 8.75. The van der Waals surface area contributed by atoms with Crippen molar-refractivity contribution in [2.45, 2.75) is 51.5 Å². The number of rotatable bonds is 11. The molecule has 1 heterocycles. The maximum atomic E-state index is 12.9. The van der Waals surface area contributed by atoms with Gasteiger partial charge in [-0.25, -0.2) is 13.2 Å². The Morgan fingerprint density at radius 1 is 0.917 bits per heavy atom. The maximum Gasteiger partial charge on any atom is 0.401 e. The fourth-order valence-electron chi connectivity index (χ4n) is 3.59. The predicted molar refractivity (Wildman–Crippen MR) is 129 cm³/mol. The minimum atomic E-state index is -4.60. The third-order valence-electron chi connectivity index (χ3n) is 5.33. The van der Waals surface area contributed by atoms with Crippen LogP contribution in [0.5, 0.6) is 0 Å². The lowest BCUT2D eigenvalue weighted by Gasteiger charge is -2.22. The van der Waals surface area contributed by atoms with Gasteiger partial charge in [0.2, 0.25) is 12.0 Å². The molecule has 0 saturated carbocycles. The first-order valence-corrected chi connectivity index (χ1v) is 12.9. The lowest BCUT2D eigenvalue weighted by atomic mass is 10.0. The van der Waals surface area contributed by atoms with Crippen molar-refractivity contribution in [3.05, 3.63) is 71.8 Å². The topological polar surface area (TPSA) is 137 Å². The zero-order chi connectivity index (χ0) is 26.1. The summed E-state index contributed by atoms with van der Waals surface area (Å²) in [5.41, 5.74) is 1.71. The van der Waals surface area contributed by atoms with Crippen LogP contribution in [0.1, 0.15) is 31.4 Å². The molecule has 36 heavy (non-hydrogen) atoms. The van der Waals surface area contributed by atoms with Crippen molar-refractivity contribution in [2.75, 3.05) is 6.54 Å². The molecule has 0 spiro atoms. The van der Waals surface area contributed by atoms with Crippen LogP contribution in [-0.4, -0.2) is 51.0 Å². The zero-order valence-corrected chi connectivity index (χ0v) is 20.9. The predicted octanol–water partition coefficient (Wildman–Crippen LogP) is 1.65. The number of esters is 1. The molecule has 1 saturated heterocycles. The van der Waals surface area contributed by atoms with Crippen molar-refractivity contribution < 1.29 is 35.9 Å². The van der Waals surface area contributed by atoms with Crippen molar-refractivity contribution in [3.63, 3.8) is 0 Å². The molecule has 2 amide bonds. The van der Waals surface area contributed by atoms with E-state index in [1.807, 2.05) is 44.2 Å². The average Bonchev–Trinajstić information content (AvgIpc) is 3.18. The first-order chi connectivity index (χ1) is 17.1. The third kappa shape index (κ3) is 8.14. The number of carbonyl (C=O) groups is 3. The Morgan fingerprint density at radius 3 is 2.11 bits per heavy atom. The second-order valence-corrected chi connectivity index (χ2v) is 9.95. The van der Waals surface area contributed by atoms with E-state index in [2.05, 4.69) is 14.8 Å². The van der Waals surface area contributed by atoms with Gasteiger partial charge in [-0.15, -0.1) is 0 Å². The summed E-state index contributed by atoms with van der Waals surface area (Å²) in [5.74, 6) is -2.45. The first kappa shape index (κ1) is 27.3. The van der Waals surface area contributed by atoms with Crippen LogP contribution in [0, 0.1) is 5.92 Å². The third-order valence-corrected chi connectivity index (χ3v) is 6.21. The number of carbonyl (C=O) groups excluding carboxylic acids is 3. The van der Waals surface area contributed by atoms with E-state index in [4.69, 9.17) is 8.92 Å². The van der Waals surface area contributed by atoms with Crippen molar-refractivity contribution in [1.29, 1.82) is 0 Å². The molecule has 1 fully saturated rings. The average molecular weight is 519 g/mol. The SMILES string of the molecule is CC(C)C[C@H](NC(=O)[C@H]1OS(=O)(=O)O[C@@H]1C(=O)OCc1ccccc1)C(=O)NCCc1ccccc1. The van der Waals surface area contributed by atoms with Crippen LogP contribution < -0.4 is 10.6 Å². The van der Waals surface area contributed by atoms with Crippen LogP contribution in [0.2, 0.25) is 0 Å². The molecule has 2 aromatic carbocycles. The molecular formula is C25H30N2O8S. The van der Waals surface area contributed by atoms with E-state index in [9.17, 15) is 22.8 Å². The summed E-state index contributed by atoms with van der Waals surface area (Å²) in [5, 5.41) is 5.29. The summed E-state index contributed by atoms with van der Waals surface area (Å²) in [6.45, 7) is 3.95. The molecule has 3 atom stereocenters. The summed E-state index contributed by atoms with van der Waals surface area (Å²) in [7, 11) is -4.60. The molecule has 194 valence electrons. The molecular weight excluding hydrogens is 488 g/mol. The lowest BCUT2D eigenvalue weighted by Crippen LogP contribution is -2.53. The van der Waals surface area contributed by atoms with Crippen molar-refractivity contribution in [3.8, 4) is 0 Å². The molecule has 1 aliphatic heterocycles. The van der Waals surface area contributed by atoms with Gasteiger partial charge in [-0.05, 0) is 29.9 Å². The molecule has 0 radical (unpaired) electrons. The second kappa shape index (κ2) is 12.6. The molecule has 1 aliphatic rings. The van der Waals surface area contributed by atoms with Crippen LogP contribution in [0.15, 0.2) is 60.7 Å². The van der Waals surface area contributed by atoms with Crippen LogP contribution in [0.4, 0.5) is 0 Å². The van der Waals surface area contributed by atoms with Gasteiger partial charge in [-0.1, -0.05) is 74.5 Å². The van der Waals surface area contributed by atoms with E-state index in [1.54, 1.807) is 30.3 Å². The van der Waals surface area contributed by atoms with Gasteiger partial charge >= 0.3 is 16.4 Å². The summed E-state index contributed by atoms with van der Waals surface area (Å²) >= 11 is 0. The van der Waals surface area contributed by atoms with Crippen LogP contribution >= 0.6 is 0 Å². The Labute approximate surface area is 210 Å². The number of ether oxygens (including phenoxy) is 1. The number of hydrogen-bond acceptors (Lipinski definition) is 8.